The normalized spacial score (nSPS) is 23.4. The van der Waals surface area contributed by atoms with Gasteiger partial charge < -0.3 is 15.4 Å². The SMILES string of the molecule is CNC(=O)NCC1CCC2(CCN(Cc3cccc(C)n3)CC2)CO1. The maximum atomic E-state index is 11.3. The molecule has 6 heteroatoms. The Labute approximate surface area is 150 Å². The van der Waals surface area contributed by atoms with Crippen LogP contribution in [0.15, 0.2) is 18.2 Å². The molecule has 3 heterocycles. The van der Waals surface area contributed by atoms with Crippen LogP contribution in [-0.2, 0) is 11.3 Å². The van der Waals surface area contributed by atoms with Crippen LogP contribution < -0.4 is 10.6 Å². The van der Waals surface area contributed by atoms with Gasteiger partial charge in [0.05, 0.1) is 18.4 Å². The molecule has 1 aromatic heterocycles. The standard InChI is InChI=1S/C19H30N4O2/c1-15-4-3-5-16(22-15)13-23-10-8-19(9-11-23)7-6-17(25-14-19)12-21-18(24)20-2/h3-5,17H,6-14H2,1-2H3,(H2,20,21,24). The van der Waals surface area contributed by atoms with Crippen molar-refractivity contribution in [2.24, 2.45) is 5.41 Å². The first-order valence-electron chi connectivity index (χ1n) is 9.31. The van der Waals surface area contributed by atoms with Gasteiger partial charge in [0.1, 0.15) is 0 Å². The summed E-state index contributed by atoms with van der Waals surface area (Å²) in [5.41, 5.74) is 2.58. The number of aromatic nitrogens is 1. The first-order chi connectivity index (χ1) is 12.1. The van der Waals surface area contributed by atoms with E-state index >= 15 is 0 Å². The van der Waals surface area contributed by atoms with Crippen molar-refractivity contribution in [3.05, 3.63) is 29.6 Å². The van der Waals surface area contributed by atoms with Crippen LogP contribution in [0.3, 0.4) is 0 Å². The van der Waals surface area contributed by atoms with Crippen LogP contribution >= 0.6 is 0 Å². The first kappa shape index (κ1) is 18.1. The van der Waals surface area contributed by atoms with Crippen molar-refractivity contribution in [1.82, 2.24) is 20.5 Å². The highest BCUT2D eigenvalue weighted by Crippen LogP contribution is 2.40. The molecule has 0 saturated carbocycles. The number of urea groups is 1. The predicted octanol–water partition coefficient (Wildman–Crippen LogP) is 2.08. The summed E-state index contributed by atoms with van der Waals surface area (Å²) in [5, 5.41) is 5.42. The average Bonchev–Trinajstić information content (AvgIpc) is 2.63. The zero-order chi connectivity index (χ0) is 17.7. The van der Waals surface area contributed by atoms with Crippen LogP contribution in [0.25, 0.3) is 0 Å². The Kier molecular flexibility index (Phi) is 5.91. The quantitative estimate of drug-likeness (QED) is 0.876. The number of nitrogens with zero attached hydrogens (tertiary/aromatic N) is 2. The molecule has 0 radical (unpaired) electrons. The Bertz CT molecular complexity index is 575. The molecule has 2 fully saturated rings. The minimum atomic E-state index is -0.137. The summed E-state index contributed by atoms with van der Waals surface area (Å²) in [7, 11) is 1.63. The number of rotatable bonds is 4. The smallest absolute Gasteiger partial charge is 0.314 e. The van der Waals surface area contributed by atoms with E-state index in [1.165, 1.54) is 19.3 Å². The molecule has 3 rings (SSSR count). The summed E-state index contributed by atoms with van der Waals surface area (Å²) in [6, 6.07) is 6.11. The molecule has 0 aromatic carbocycles. The molecule has 2 saturated heterocycles. The lowest BCUT2D eigenvalue weighted by molar-refractivity contribution is -0.0843. The molecular formula is C19H30N4O2. The number of hydrogen-bond acceptors (Lipinski definition) is 4. The number of hydrogen-bond donors (Lipinski definition) is 2. The molecule has 25 heavy (non-hydrogen) atoms. The van der Waals surface area contributed by atoms with Gasteiger partial charge in [-0.2, -0.15) is 0 Å². The Morgan fingerprint density at radius 2 is 2.16 bits per heavy atom. The van der Waals surface area contributed by atoms with Gasteiger partial charge in [-0.1, -0.05) is 6.07 Å². The van der Waals surface area contributed by atoms with Crippen molar-refractivity contribution in [1.29, 1.82) is 0 Å². The van der Waals surface area contributed by atoms with Gasteiger partial charge in [-0.15, -0.1) is 0 Å². The van der Waals surface area contributed by atoms with Gasteiger partial charge in [-0.3, -0.25) is 9.88 Å². The molecular weight excluding hydrogens is 316 g/mol. The van der Waals surface area contributed by atoms with Crippen LogP contribution in [0.5, 0.6) is 0 Å². The molecule has 1 unspecified atom stereocenters. The predicted molar refractivity (Wildman–Crippen MR) is 97.4 cm³/mol. The summed E-state index contributed by atoms with van der Waals surface area (Å²) in [6.45, 7) is 6.63. The third-order valence-corrected chi connectivity index (χ3v) is 5.59. The number of carbonyl (C=O) groups excluding carboxylic acids is 1. The third-order valence-electron chi connectivity index (χ3n) is 5.59. The molecule has 2 amide bonds. The van der Waals surface area contributed by atoms with Gasteiger partial charge in [-0.25, -0.2) is 4.79 Å². The van der Waals surface area contributed by atoms with Gasteiger partial charge in [0.2, 0.25) is 0 Å². The number of amides is 2. The van der Waals surface area contributed by atoms with E-state index in [9.17, 15) is 4.79 Å². The molecule has 0 bridgehead atoms. The topological polar surface area (TPSA) is 66.5 Å². The minimum Gasteiger partial charge on any atom is -0.376 e. The fourth-order valence-corrected chi connectivity index (χ4v) is 3.87. The monoisotopic (exact) mass is 346 g/mol. The molecule has 1 spiro atoms. The van der Waals surface area contributed by atoms with Crippen molar-refractivity contribution < 1.29 is 9.53 Å². The number of pyridine rings is 1. The molecule has 0 aliphatic carbocycles. The second kappa shape index (κ2) is 8.15. The summed E-state index contributed by atoms with van der Waals surface area (Å²) in [4.78, 5) is 18.4. The number of nitrogens with one attached hydrogen (secondary N) is 2. The van der Waals surface area contributed by atoms with Gasteiger partial charge in [0.15, 0.2) is 0 Å². The zero-order valence-corrected chi connectivity index (χ0v) is 15.4. The van der Waals surface area contributed by atoms with E-state index < -0.39 is 0 Å². The van der Waals surface area contributed by atoms with Crippen LogP contribution in [0.4, 0.5) is 4.79 Å². The number of carbonyl (C=O) groups is 1. The summed E-state index contributed by atoms with van der Waals surface area (Å²) >= 11 is 0. The molecule has 1 aromatic rings. The second-order valence-electron chi connectivity index (χ2n) is 7.48. The third kappa shape index (κ3) is 4.92. The van der Waals surface area contributed by atoms with Crippen molar-refractivity contribution in [3.63, 3.8) is 0 Å². The highest BCUT2D eigenvalue weighted by Gasteiger charge is 2.38. The Hall–Kier alpha value is -1.66. The Balaban J connectivity index is 1.42. The molecule has 138 valence electrons. The Morgan fingerprint density at radius 1 is 1.36 bits per heavy atom. The van der Waals surface area contributed by atoms with Crippen molar-refractivity contribution in [3.8, 4) is 0 Å². The lowest BCUT2D eigenvalue weighted by Gasteiger charge is -2.45. The fourth-order valence-electron chi connectivity index (χ4n) is 3.87. The zero-order valence-electron chi connectivity index (χ0n) is 15.4. The highest BCUT2D eigenvalue weighted by atomic mass is 16.5. The summed E-state index contributed by atoms with van der Waals surface area (Å²) < 4.78 is 6.06. The van der Waals surface area contributed by atoms with E-state index in [1.807, 2.05) is 13.0 Å². The van der Waals surface area contributed by atoms with Gasteiger partial charge in [0.25, 0.3) is 0 Å². The fraction of sp³-hybridized carbons (Fsp3) is 0.684. The van der Waals surface area contributed by atoms with Crippen LogP contribution in [-0.4, -0.2) is 55.3 Å². The molecule has 2 N–H and O–H groups in total. The van der Waals surface area contributed by atoms with Crippen molar-refractivity contribution in [2.45, 2.75) is 45.3 Å². The minimum absolute atomic E-state index is 0.137. The highest BCUT2D eigenvalue weighted by molar-refractivity contribution is 5.73. The largest absolute Gasteiger partial charge is 0.376 e. The van der Waals surface area contributed by atoms with E-state index in [2.05, 4.69) is 32.7 Å². The van der Waals surface area contributed by atoms with E-state index in [-0.39, 0.29) is 12.1 Å². The maximum Gasteiger partial charge on any atom is 0.314 e. The van der Waals surface area contributed by atoms with Crippen molar-refractivity contribution >= 4 is 6.03 Å². The lowest BCUT2D eigenvalue weighted by Crippen LogP contribution is -2.48. The number of likely N-dealkylation sites (tertiary alicyclic amines) is 1. The molecule has 2 aliphatic rings. The van der Waals surface area contributed by atoms with Crippen molar-refractivity contribution in [2.75, 3.05) is 33.3 Å². The van der Waals surface area contributed by atoms with E-state index in [4.69, 9.17) is 4.74 Å². The number of ether oxygens (including phenoxy) is 1. The van der Waals surface area contributed by atoms with Crippen LogP contribution in [0.2, 0.25) is 0 Å². The number of aryl methyl sites for hydroxylation is 1. The lowest BCUT2D eigenvalue weighted by atomic mass is 9.73. The second-order valence-corrected chi connectivity index (χ2v) is 7.48. The van der Waals surface area contributed by atoms with Gasteiger partial charge >= 0.3 is 6.03 Å². The van der Waals surface area contributed by atoms with E-state index in [0.717, 1.165) is 44.0 Å². The first-order valence-corrected chi connectivity index (χ1v) is 9.31. The van der Waals surface area contributed by atoms with E-state index in [1.54, 1.807) is 7.05 Å². The van der Waals surface area contributed by atoms with E-state index in [0.29, 0.717) is 12.0 Å². The summed E-state index contributed by atoms with van der Waals surface area (Å²) in [5.74, 6) is 0. The average molecular weight is 346 g/mol. The van der Waals surface area contributed by atoms with Crippen LogP contribution in [0, 0.1) is 12.3 Å². The maximum absolute atomic E-state index is 11.3. The Morgan fingerprint density at radius 3 is 2.80 bits per heavy atom. The van der Waals surface area contributed by atoms with Gasteiger partial charge in [0, 0.05) is 25.8 Å². The molecule has 6 nitrogen and oxygen atoms in total. The number of piperidine rings is 1. The molecule has 2 aliphatic heterocycles. The van der Waals surface area contributed by atoms with Gasteiger partial charge in [-0.05, 0) is 63.2 Å². The summed E-state index contributed by atoms with van der Waals surface area (Å²) in [6.07, 6.45) is 4.76. The van der Waals surface area contributed by atoms with Crippen LogP contribution in [0.1, 0.15) is 37.1 Å². The molecule has 1 atom stereocenters.